The first-order chi connectivity index (χ1) is 29.2. The number of rotatable bonds is 12. The molecule has 4 saturated heterocycles. The van der Waals surface area contributed by atoms with Gasteiger partial charge in [-0.3, -0.25) is 29.1 Å². The van der Waals surface area contributed by atoms with Gasteiger partial charge in [0.05, 0.1) is 29.7 Å². The molecule has 0 aliphatic carbocycles. The van der Waals surface area contributed by atoms with E-state index in [-0.39, 0.29) is 33.0 Å². The van der Waals surface area contributed by atoms with E-state index in [0.29, 0.717) is 80.9 Å². The van der Waals surface area contributed by atoms with Crippen LogP contribution < -0.4 is 20.3 Å². The number of primary amides is 1. The van der Waals surface area contributed by atoms with Crippen molar-refractivity contribution in [1.29, 1.82) is 0 Å². The highest BCUT2D eigenvalue weighted by atomic mass is 35.5. The molecule has 12 nitrogen and oxygen atoms in total. The Bertz CT molecular complexity index is 2160. The minimum Gasteiger partial charge on any atom is -0.495 e. The zero-order valence-corrected chi connectivity index (χ0v) is 36.8. The molecular weight excluding hydrogens is 824 g/mol. The van der Waals surface area contributed by atoms with Crippen LogP contribution in [0.4, 0.5) is 15.8 Å². The Morgan fingerprint density at radius 2 is 1.67 bits per heavy atom. The Morgan fingerprint density at radius 3 is 2.31 bits per heavy atom. The summed E-state index contributed by atoms with van der Waals surface area (Å²) in [6.45, 7) is 8.85. The smallest absolute Gasteiger partial charge is 0.248 e. The van der Waals surface area contributed by atoms with Gasteiger partial charge in [0.2, 0.25) is 17.7 Å². The molecule has 1 spiro atoms. The summed E-state index contributed by atoms with van der Waals surface area (Å²) in [5.74, 6) is -2.40. The Hall–Kier alpha value is -3.85. The fraction of sp³-hybridized carbons (Fsp3) is 0.565. The number of fused-ring (bicyclic) bond motifs is 3. The molecule has 15 heteroatoms. The van der Waals surface area contributed by atoms with Crippen LogP contribution in [-0.4, -0.2) is 90.7 Å². The van der Waals surface area contributed by atoms with E-state index in [9.17, 15) is 9.90 Å². The van der Waals surface area contributed by atoms with Crippen molar-refractivity contribution >= 4 is 52.3 Å². The van der Waals surface area contributed by atoms with Crippen molar-refractivity contribution in [2.75, 3.05) is 43.3 Å². The second-order valence-electron chi connectivity index (χ2n) is 18.5. The molecule has 1 unspecified atom stereocenters. The van der Waals surface area contributed by atoms with E-state index in [1.807, 2.05) is 0 Å². The average Bonchev–Trinajstić information content (AvgIpc) is 3.78. The van der Waals surface area contributed by atoms with E-state index >= 15 is 14.0 Å². The third-order valence-corrected chi connectivity index (χ3v) is 14.3. The van der Waals surface area contributed by atoms with Gasteiger partial charge in [0.25, 0.3) is 0 Å². The van der Waals surface area contributed by atoms with Crippen molar-refractivity contribution in [2.45, 2.75) is 114 Å². The maximum Gasteiger partial charge on any atom is 0.248 e. The third kappa shape index (κ3) is 7.81. The molecule has 3 amide bonds. The van der Waals surface area contributed by atoms with Gasteiger partial charge < -0.3 is 25.1 Å². The number of pyridine rings is 1. The normalized spacial score (nSPS) is 26.6. The van der Waals surface area contributed by atoms with Crippen molar-refractivity contribution in [2.24, 2.45) is 23.0 Å². The van der Waals surface area contributed by atoms with Crippen LogP contribution in [0.2, 0.25) is 10.2 Å². The van der Waals surface area contributed by atoms with Crippen LogP contribution in [0, 0.1) is 23.1 Å². The number of carbonyl (C=O) groups excluding carboxylic acids is 3. The van der Waals surface area contributed by atoms with Crippen LogP contribution in [0.5, 0.6) is 5.75 Å². The highest BCUT2D eigenvalue weighted by Gasteiger charge is 2.75. The number of methoxy groups -OCH3 is 1. The van der Waals surface area contributed by atoms with Crippen molar-refractivity contribution in [3.63, 3.8) is 0 Å². The summed E-state index contributed by atoms with van der Waals surface area (Å²) in [4.78, 5) is 54.2. The van der Waals surface area contributed by atoms with Crippen LogP contribution in [0.1, 0.15) is 106 Å². The van der Waals surface area contributed by atoms with Gasteiger partial charge in [-0.1, -0.05) is 56.1 Å². The van der Waals surface area contributed by atoms with Gasteiger partial charge in [-0.15, -0.1) is 0 Å². The first-order valence-corrected chi connectivity index (χ1v) is 22.3. The maximum absolute atomic E-state index is 17.1. The zero-order valence-electron chi connectivity index (χ0n) is 35.2. The third-order valence-electron chi connectivity index (χ3n) is 13.8. The van der Waals surface area contributed by atoms with Gasteiger partial charge in [-0.25, -0.2) is 9.37 Å². The summed E-state index contributed by atoms with van der Waals surface area (Å²) in [6, 6.07) is 9.25. The molecule has 328 valence electrons. The summed E-state index contributed by atoms with van der Waals surface area (Å²) in [5.41, 5.74) is 5.25. The minimum absolute atomic E-state index is 0.112. The molecule has 6 atom stereocenters. The van der Waals surface area contributed by atoms with Gasteiger partial charge in [-0.2, -0.15) is 0 Å². The monoisotopic (exact) mass is 879 g/mol. The van der Waals surface area contributed by atoms with E-state index in [0.717, 1.165) is 32.1 Å². The number of anilines is 2. The Kier molecular flexibility index (Phi) is 12.5. The van der Waals surface area contributed by atoms with Gasteiger partial charge in [0, 0.05) is 55.7 Å². The Balaban J connectivity index is 1.35. The van der Waals surface area contributed by atoms with Crippen molar-refractivity contribution in [3.05, 3.63) is 81.3 Å². The topological polar surface area (TPSA) is 148 Å². The van der Waals surface area contributed by atoms with E-state index in [1.54, 1.807) is 41.4 Å². The average molecular weight is 881 g/mol. The number of carbonyl (C=O) groups is 3. The molecule has 5 aliphatic heterocycles. The van der Waals surface area contributed by atoms with Gasteiger partial charge in [0.1, 0.15) is 34.4 Å². The molecule has 5 aliphatic rings. The highest BCUT2D eigenvalue weighted by molar-refractivity contribution is 6.31. The SMILES string of the molecule is COc1cc(C(N)=O)ccc1N1C(=O)[C@H]2[C@H](c3cccc(Cl)c3F)[C@]3(C(=O)N(C(O)CCC4CCOCC4)c4cc(Cl)ncc43)[C@H](CC(C)(C)C)N2[C@@H]1CCC1CCOCC1. The van der Waals surface area contributed by atoms with Crippen LogP contribution in [0.15, 0.2) is 48.7 Å². The predicted octanol–water partition coefficient (Wildman–Crippen LogP) is 7.60. The molecule has 61 heavy (non-hydrogen) atoms. The summed E-state index contributed by atoms with van der Waals surface area (Å²) < 4.78 is 34.2. The second-order valence-corrected chi connectivity index (χ2v) is 19.3. The fourth-order valence-electron chi connectivity index (χ4n) is 11.0. The number of ether oxygens (including phenoxy) is 3. The van der Waals surface area contributed by atoms with Gasteiger partial charge in [0.15, 0.2) is 0 Å². The zero-order chi connectivity index (χ0) is 43.4. The Labute approximate surface area is 366 Å². The van der Waals surface area contributed by atoms with Crippen LogP contribution in [-0.2, 0) is 24.5 Å². The lowest BCUT2D eigenvalue weighted by Crippen LogP contribution is -2.57. The lowest BCUT2D eigenvalue weighted by molar-refractivity contribution is -0.127. The van der Waals surface area contributed by atoms with E-state index in [1.165, 1.54) is 24.1 Å². The molecular formula is C46H56Cl2FN5O7. The summed E-state index contributed by atoms with van der Waals surface area (Å²) in [6.07, 6.45) is 5.76. The molecule has 3 N–H and O–H groups in total. The van der Waals surface area contributed by atoms with Crippen LogP contribution in [0.25, 0.3) is 0 Å². The molecule has 2 aromatic carbocycles. The molecule has 8 rings (SSSR count). The number of nitrogens with two attached hydrogens (primary N) is 1. The Morgan fingerprint density at radius 1 is 1.00 bits per heavy atom. The standard InChI is InChI=1S/C46H56Cl2FN5O7/c1-45(2,3)24-35-46(30-25-51-36(48)23-33(30)53(44(46)58)38(55)13-9-27-16-20-61-21-17-27)39(29-6-5-7-31(47)40(29)49)41-43(57)52(32-11-10-28(42(50)56)22-34(32)59-4)37(54(35)41)12-8-26-14-18-60-19-15-26/h5-7,10-11,22-23,25-27,35,37-39,41,55H,8-9,12-21,24H2,1-4H3,(H2,50,56)/t35-,37+,38?,39-,41+,46+/m0/s1. The van der Waals surface area contributed by atoms with Crippen molar-refractivity contribution in [3.8, 4) is 5.75 Å². The molecule has 1 aromatic heterocycles. The second kappa shape index (κ2) is 17.4. The number of hydrogen-bond donors (Lipinski definition) is 2. The number of nitrogens with zero attached hydrogens (tertiary/aromatic N) is 4. The van der Waals surface area contributed by atoms with Crippen molar-refractivity contribution < 1.29 is 38.1 Å². The van der Waals surface area contributed by atoms with Crippen LogP contribution >= 0.6 is 23.2 Å². The summed E-state index contributed by atoms with van der Waals surface area (Å²) in [5, 5.41) is 12.2. The van der Waals surface area contributed by atoms with Crippen molar-refractivity contribution in [1.82, 2.24) is 9.88 Å². The van der Waals surface area contributed by atoms with E-state index in [4.69, 9.17) is 43.1 Å². The van der Waals surface area contributed by atoms with E-state index in [2.05, 4.69) is 30.7 Å². The lowest BCUT2D eigenvalue weighted by Gasteiger charge is -2.43. The quantitative estimate of drug-likeness (QED) is 0.176. The summed E-state index contributed by atoms with van der Waals surface area (Å²) >= 11 is 13.2. The first-order valence-electron chi connectivity index (χ1n) is 21.5. The fourth-order valence-corrected chi connectivity index (χ4v) is 11.3. The number of aliphatic hydroxyl groups is 1. The highest BCUT2D eigenvalue weighted by Crippen LogP contribution is 2.64. The molecule has 0 saturated carbocycles. The molecule has 0 radical (unpaired) electrons. The summed E-state index contributed by atoms with van der Waals surface area (Å²) in [7, 11) is 1.47. The van der Waals surface area contributed by atoms with Crippen LogP contribution in [0.3, 0.4) is 0 Å². The number of aromatic nitrogens is 1. The molecule has 6 heterocycles. The predicted molar refractivity (Wildman–Crippen MR) is 230 cm³/mol. The number of aliphatic hydroxyl groups excluding tert-OH is 1. The number of amides is 3. The van der Waals surface area contributed by atoms with Gasteiger partial charge in [-0.05, 0) is 111 Å². The molecule has 3 aromatic rings. The number of benzene rings is 2. The first kappa shape index (κ1) is 43.8. The number of hydrogen-bond acceptors (Lipinski definition) is 9. The maximum atomic E-state index is 17.1. The lowest BCUT2D eigenvalue weighted by atomic mass is 9.62. The van der Waals surface area contributed by atoms with Gasteiger partial charge >= 0.3 is 0 Å². The minimum atomic E-state index is -1.63. The largest absolute Gasteiger partial charge is 0.495 e. The van der Waals surface area contributed by atoms with E-state index < -0.39 is 58.9 Å². The number of halogens is 3. The molecule has 4 fully saturated rings. The molecule has 0 bridgehead atoms.